The SMILES string of the molecule is C[C@H](Oc1ccc(Br)cc1)c1nc(-c2ccc(Cl)cc2)no1. The van der Waals surface area contributed by atoms with Gasteiger partial charge in [-0.2, -0.15) is 4.98 Å². The normalized spacial score (nSPS) is 12.1. The highest BCUT2D eigenvalue weighted by atomic mass is 79.9. The molecule has 0 saturated carbocycles. The number of hydrogen-bond acceptors (Lipinski definition) is 4. The van der Waals surface area contributed by atoms with Crippen LogP contribution < -0.4 is 4.74 Å². The van der Waals surface area contributed by atoms with Crippen LogP contribution in [0.5, 0.6) is 5.75 Å². The van der Waals surface area contributed by atoms with Crippen molar-refractivity contribution in [2.24, 2.45) is 0 Å². The van der Waals surface area contributed by atoms with Crippen LogP contribution in [0.25, 0.3) is 11.4 Å². The zero-order valence-corrected chi connectivity index (χ0v) is 14.0. The molecule has 0 radical (unpaired) electrons. The first-order chi connectivity index (χ1) is 10.6. The van der Waals surface area contributed by atoms with Crippen molar-refractivity contribution >= 4 is 27.5 Å². The molecule has 6 heteroatoms. The Morgan fingerprint density at radius 1 is 1.09 bits per heavy atom. The van der Waals surface area contributed by atoms with E-state index < -0.39 is 0 Å². The molecule has 3 rings (SSSR count). The summed E-state index contributed by atoms with van der Waals surface area (Å²) in [4.78, 5) is 4.37. The Morgan fingerprint density at radius 3 is 2.45 bits per heavy atom. The molecule has 2 aromatic carbocycles. The molecule has 0 aliphatic heterocycles. The molecule has 1 atom stereocenters. The van der Waals surface area contributed by atoms with Gasteiger partial charge in [-0.25, -0.2) is 0 Å². The molecule has 4 nitrogen and oxygen atoms in total. The molecule has 0 fully saturated rings. The van der Waals surface area contributed by atoms with Gasteiger partial charge in [0, 0.05) is 15.1 Å². The molecule has 1 heterocycles. The maximum atomic E-state index is 5.87. The van der Waals surface area contributed by atoms with E-state index in [1.165, 1.54) is 0 Å². The summed E-state index contributed by atoms with van der Waals surface area (Å²) in [5.74, 6) is 1.67. The third-order valence-electron chi connectivity index (χ3n) is 3.02. The lowest BCUT2D eigenvalue weighted by atomic mass is 10.2. The first-order valence-electron chi connectivity index (χ1n) is 6.63. The largest absolute Gasteiger partial charge is 0.481 e. The molecule has 0 spiro atoms. The standard InChI is InChI=1S/C16H12BrClN2O2/c1-10(21-14-8-4-12(17)5-9-14)16-19-15(20-22-16)11-2-6-13(18)7-3-11/h2-10H,1H3/t10-/m0/s1. The van der Waals surface area contributed by atoms with Gasteiger partial charge >= 0.3 is 0 Å². The predicted molar refractivity (Wildman–Crippen MR) is 87.9 cm³/mol. The lowest BCUT2D eigenvalue weighted by Crippen LogP contribution is -2.03. The monoisotopic (exact) mass is 378 g/mol. The summed E-state index contributed by atoms with van der Waals surface area (Å²) in [6, 6.07) is 14.8. The number of nitrogens with zero attached hydrogens (tertiary/aromatic N) is 2. The van der Waals surface area contributed by atoms with Gasteiger partial charge in [0.1, 0.15) is 5.75 Å². The minimum absolute atomic E-state index is 0.338. The van der Waals surface area contributed by atoms with E-state index in [9.17, 15) is 0 Å². The number of aromatic nitrogens is 2. The fraction of sp³-hybridized carbons (Fsp3) is 0.125. The zero-order chi connectivity index (χ0) is 15.5. The van der Waals surface area contributed by atoms with Crippen LogP contribution in [0.1, 0.15) is 18.9 Å². The molecule has 0 aliphatic carbocycles. The van der Waals surface area contributed by atoms with Crippen LogP contribution in [-0.4, -0.2) is 10.1 Å². The van der Waals surface area contributed by atoms with Gasteiger partial charge in [0.05, 0.1) is 0 Å². The van der Waals surface area contributed by atoms with E-state index >= 15 is 0 Å². The Balaban J connectivity index is 1.75. The molecule has 0 unspecified atom stereocenters. The van der Waals surface area contributed by atoms with Gasteiger partial charge < -0.3 is 9.26 Å². The maximum absolute atomic E-state index is 5.87. The van der Waals surface area contributed by atoms with Crippen LogP contribution in [0.15, 0.2) is 57.5 Å². The van der Waals surface area contributed by atoms with Crippen molar-refractivity contribution in [3.05, 3.63) is 63.9 Å². The minimum atomic E-state index is -0.338. The topological polar surface area (TPSA) is 48.2 Å². The molecule has 112 valence electrons. The molecular formula is C16H12BrClN2O2. The number of halogens is 2. The lowest BCUT2D eigenvalue weighted by Gasteiger charge is -2.10. The van der Waals surface area contributed by atoms with Crippen molar-refractivity contribution in [3.63, 3.8) is 0 Å². The summed E-state index contributed by atoms with van der Waals surface area (Å²) in [6.45, 7) is 1.86. The van der Waals surface area contributed by atoms with Crippen molar-refractivity contribution < 1.29 is 9.26 Å². The number of ether oxygens (including phenoxy) is 1. The summed E-state index contributed by atoms with van der Waals surface area (Å²) in [5.41, 5.74) is 0.843. The molecule has 0 amide bonds. The van der Waals surface area contributed by atoms with E-state index in [1.807, 2.05) is 43.3 Å². The third-order valence-corrected chi connectivity index (χ3v) is 3.80. The fourth-order valence-corrected chi connectivity index (χ4v) is 2.27. The lowest BCUT2D eigenvalue weighted by molar-refractivity contribution is 0.176. The van der Waals surface area contributed by atoms with Crippen molar-refractivity contribution in [2.75, 3.05) is 0 Å². The minimum Gasteiger partial charge on any atom is -0.481 e. The molecule has 22 heavy (non-hydrogen) atoms. The van der Waals surface area contributed by atoms with Crippen molar-refractivity contribution in [2.45, 2.75) is 13.0 Å². The van der Waals surface area contributed by atoms with E-state index in [0.29, 0.717) is 16.7 Å². The Bertz CT molecular complexity index is 757. The van der Waals surface area contributed by atoms with Gasteiger partial charge in [0.2, 0.25) is 5.82 Å². The molecule has 0 bridgehead atoms. The molecule has 1 aromatic heterocycles. The second-order valence-electron chi connectivity index (χ2n) is 4.68. The molecule has 0 aliphatic rings. The summed E-state index contributed by atoms with van der Waals surface area (Å²) in [5, 5.41) is 4.64. The number of benzene rings is 2. The van der Waals surface area contributed by atoms with Gasteiger partial charge in [0.25, 0.3) is 5.89 Å². The zero-order valence-electron chi connectivity index (χ0n) is 11.7. The fourth-order valence-electron chi connectivity index (χ4n) is 1.88. The Kier molecular flexibility index (Phi) is 4.45. The van der Waals surface area contributed by atoms with Crippen molar-refractivity contribution in [3.8, 4) is 17.1 Å². The average molecular weight is 380 g/mol. The number of hydrogen-bond donors (Lipinski definition) is 0. The first kappa shape index (κ1) is 15.1. The molecule has 0 N–H and O–H groups in total. The molecule has 3 aromatic rings. The summed E-state index contributed by atoms with van der Waals surface area (Å²) >= 11 is 9.25. The van der Waals surface area contributed by atoms with Gasteiger partial charge in [-0.15, -0.1) is 0 Å². The Hall–Kier alpha value is -1.85. The first-order valence-corrected chi connectivity index (χ1v) is 7.81. The van der Waals surface area contributed by atoms with Gasteiger partial charge in [-0.05, 0) is 55.5 Å². The maximum Gasteiger partial charge on any atom is 0.267 e. The van der Waals surface area contributed by atoms with E-state index in [-0.39, 0.29) is 6.10 Å². The van der Waals surface area contributed by atoms with E-state index in [0.717, 1.165) is 15.8 Å². The van der Waals surface area contributed by atoms with Crippen LogP contribution in [0.3, 0.4) is 0 Å². The second kappa shape index (κ2) is 6.50. The molecular weight excluding hydrogens is 368 g/mol. The van der Waals surface area contributed by atoms with Crippen LogP contribution >= 0.6 is 27.5 Å². The van der Waals surface area contributed by atoms with E-state index in [1.54, 1.807) is 12.1 Å². The van der Waals surface area contributed by atoms with Gasteiger partial charge in [-0.3, -0.25) is 0 Å². The Labute approximate surface area is 141 Å². The van der Waals surface area contributed by atoms with Gasteiger partial charge in [0.15, 0.2) is 6.10 Å². The number of rotatable bonds is 4. The van der Waals surface area contributed by atoms with Crippen LogP contribution in [-0.2, 0) is 0 Å². The van der Waals surface area contributed by atoms with Crippen molar-refractivity contribution in [1.29, 1.82) is 0 Å². The highest BCUT2D eigenvalue weighted by Gasteiger charge is 2.16. The van der Waals surface area contributed by atoms with E-state index in [4.69, 9.17) is 20.9 Å². The molecule has 0 saturated heterocycles. The highest BCUT2D eigenvalue weighted by Crippen LogP contribution is 2.25. The second-order valence-corrected chi connectivity index (χ2v) is 6.03. The Morgan fingerprint density at radius 2 is 1.77 bits per heavy atom. The third kappa shape index (κ3) is 3.48. The van der Waals surface area contributed by atoms with Crippen LogP contribution in [0.2, 0.25) is 5.02 Å². The van der Waals surface area contributed by atoms with Crippen LogP contribution in [0.4, 0.5) is 0 Å². The summed E-state index contributed by atoms with van der Waals surface area (Å²) < 4.78 is 12.1. The van der Waals surface area contributed by atoms with Crippen LogP contribution in [0, 0.1) is 0 Å². The summed E-state index contributed by atoms with van der Waals surface area (Å²) in [7, 11) is 0. The van der Waals surface area contributed by atoms with E-state index in [2.05, 4.69) is 26.1 Å². The quantitative estimate of drug-likeness (QED) is 0.618. The van der Waals surface area contributed by atoms with Crippen molar-refractivity contribution in [1.82, 2.24) is 10.1 Å². The summed E-state index contributed by atoms with van der Waals surface area (Å²) in [6.07, 6.45) is -0.338. The smallest absolute Gasteiger partial charge is 0.267 e. The highest BCUT2D eigenvalue weighted by molar-refractivity contribution is 9.10. The predicted octanol–water partition coefficient (Wildman–Crippen LogP) is 5.29. The average Bonchev–Trinajstić information content (AvgIpc) is 3.00. The van der Waals surface area contributed by atoms with Gasteiger partial charge in [-0.1, -0.05) is 32.7 Å².